The Hall–Kier alpha value is -3.40. The summed E-state index contributed by atoms with van der Waals surface area (Å²) >= 11 is 0. The van der Waals surface area contributed by atoms with Crippen LogP contribution in [0.2, 0.25) is 0 Å². The molecule has 146 valence electrons. The molecule has 0 unspecified atom stereocenters. The quantitative estimate of drug-likeness (QED) is 0.662. The second-order valence-corrected chi connectivity index (χ2v) is 7.21. The molecule has 1 aliphatic heterocycles. The maximum absolute atomic E-state index is 13.1. The van der Waals surface area contributed by atoms with Crippen molar-refractivity contribution in [1.29, 1.82) is 0 Å². The number of amides is 2. The molecule has 0 aliphatic carbocycles. The molecule has 2 amide bonds. The van der Waals surface area contributed by atoms with E-state index in [1.807, 2.05) is 54.3 Å². The lowest BCUT2D eigenvalue weighted by Crippen LogP contribution is -2.36. The molecule has 0 bridgehead atoms. The van der Waals surface area contributed by atoms with E-state index in [0.29, 0.717) is 30.8 Å². The van der Waals surface area contributed by atoms with E-state index in [1.54, 1.807) is 29.2 Å². The van der Waals surface area contributed by atoms with Crippen molar-refractivity contribution in [3.8, 4) is 0 Å². The Morgan fingerprint density at radius 2 is 1.55 bits per heavy atom. The second-order valence-electron chi connectivity index (χ2n) is 7.21. The van der Waals surface area contributed by atoms with Gasteiger partial charge in [-0.1, -0.05) is 48.5 Å². The summed E-state index contributed by atoms with van der Waals surface area (Å²) in [5.74, 6) is -0.130. The first-order chi connectivity index (χ1) is 14.2. The van der Waals surface area contributed by atoms with E-state index in [0.717, 1.165) is 12.1 Å². The summed E-state index contributed by atoms with van der Waals surface area (Å²) in [5, 5.41) is 0. The Labute approximate surface area is 171 Å². The number of para-hydroxylation sites is 1. The van der Waals surface area contributed by atoms with Crippen molar-refractivity contribution >= 4 is 17.5 Å². The molecule has 0 aromatic heterocycles. The van der Waals surface area contributed by atoms with Crippen LogP contribution in [0.5, 0.6) is 0 Å². The zero-order valence-corrected chi connectivity index (χ0v) is 16.5. The van der Waals surface area contributed by atoms with Crippen LogP contribution in [0, 0.1) is 0 Å². The van der Waals surface area contributed by atoms with Gasteiger partial charge in [0.15, 0.2) is 0 Å². The van der Waals surface area contributed by atoms with Crippen molar-refractivity contribution < 1.29 is 9.59 Å². The number of benzene rings is 3. The number of carbonyl (C=O) groups excluding carboxylic acids is 2. The number of nitrogens with zero attached hydrogens (tertiary/aromatic N) is 2. The largest absolute Gasteiger partial charge is 0.334 e. The Kier molecular flexibility index (Phi) is 5.43. The van der Waals surface area contributed by atoms with Crippen molar-refractivity contribution in [2.24, 2.45) is 0 Å². The van der Waals surface area contributed by atoms with Gasteiger partial charge in [-0.25, -0.2) is 0 Å². The highest BCUT2D eigenvalue weighted by Crippen LogP contribution is 2.22. The number of hydrogen-bond acceptors (Lipinski definition) is 2. The standard InChI is InChI=1S/C25H24N2O2/c1-2-27(23-13-4-3-5-14-23)25(29)21-12-8-11-20(17-21)24(28)26-16-15-19-9-6-7-10-22(19)18-26/h3-14,17H,2,15-16,18H2,1H3. The topological polar surface area (TPSA) is 40.6 Å². The highest BCUT2D eigenvalue weighted by Gasteiger charge is 2.23. The normalized spacial score (nSPS) is 12.9. The molecular formula is C25H24N2O2. The van der Waals surface area contributed by atoms with Crippen LogP contribution in [0.25, 0.3) is 0 Å². The molecule has 1 aliphatic rings. The van der Waals surface area contributed by atoms with Crippen LogP contribution in [0.1, 0.15) is 38.8 Å². The lowest BCUT2D eigenvalue weighted by Gasteiger charge is -2.29. The Bertz CT molecular complexity index is 1030. The van der Waals surface area contributed by atoms with Crippen LogP contribution in [-0.4, -0.2) is 29.8 Å². The third-order valence-electron chi connectivity index (χ3n) is 5.40. The van der Waals surface area contributed by atoms with Gasteiger partial charge in [0.25, 0.3) is 11.8 Å². The van der Waals surface area contributed by atoms with Crippen LogP contribution in [0.4, 0.5) is 5.69 Å². The maximum atomic E-state index is 13.1. The maximum Gasteiger partial charge on any atom is 0.258 e. The fourth-order valence-electron chi connectivity index (χ4n) is 3.84. The molecule has 3 aromatic carbocycles. The molecule has 0 fully saturated rings. The van der Waals surface area contributed by atoms with Gasteiger partial charge in [0, 0.05) is 36.4 Å². The SMILES string of the molecule is CCN(C(=O)c1cccc(C(=O)N2CCc3ccccc3C2)c1)c1ccccc1. The summed E-state index contributed by atoms with van der Waals surface area (Å²) in [5.41, 5.74) is 4.44. The molecule has 1 heterocycles. The smallest absolute Gasteiger partial charge is 0.258 e. The molecule has 29 heavy (non-hydrogen) atoms. The van der Waals surface area contributed by atoms with E-state index < -0.39 is 0 Å². The molecule has 4 heteroatoms. The van der Waals surface area contributed by atoms with Gasteiger partial charge < -0.3 is 9.80 Å². The molecule has 0 saturated heterocycles. The van der Waals surface area contributed by atoms with E-state index >= 15 is 0 Å². The highest BCUT2D eigenvalue weighted by molar-refractivity contribution is 6.07. The third kappa shape index (κ3) is 3.92. The van der Waals surface area contributed by atoms with E-state index in [4.69, 9.17) is 0 Å². The molecule has 0 saturated carbocycles. The molecule has 0 N–H and O–H groups in total. The first kappa shape index (κ1) is 18.9. The predicted octanol–water partition coefficient (Wildman–Crippen LogP) is 4.55. The Morgan fingerprint density at radius 1 is 0.862 bits per heavy atom. The summed E-state index contributed by atoms with van der Waals surface area (Å²) in [7, 11) is 0. The van der Waals surface area contributed by atoms with Crippen LogP contribution in [0.15, 0.2) is 78.9 Å². The van der Waals surface area contributed by atoms with Crippen LogP contribution < -0.4 is 4.90 Å². The van der Waals surface area contributed by atoms with Gasteiger partial charge in [-0.05, 0) is 54.8 Å². The van der Waals surface area contributed by atoms with E-state index in [9.17, 15) is 9.59 Å². The van der Waals surface area contributed by atoms with Gasteiger partial charge in [0.1, 0.15) is 0 Å². The molecule has 0 spiro atoms. The van der Waals surface area contributed by atoms with Crippen LogP contribution >= 0.6 is 0 Å². The minimum Gasteiger partial charge on any atom is -0.334 e. The Morgan fingerprint density at radius 3 is 2.31 bits per heavy atom. The number of anilines is 1. The summed E-state index contributed by atoms with van der Waals surface area (Å²) < 4.78 is 0. The van der Waals surface area contributed by atoms with Gasteiger partial charge in [-0.3, -0.25) is 9.59 Å². The van der Waals surface area contributed by atoms with Gasteiger partial charge in [0.05, 0.1) is 0 Å². The molecule has 0 radical (unpaired) electrons. The molecule has 4 nitrogen and oxygen atoms in total. The predicted molar refractivity (Wildman–Crippen MR) is 115 cm³/mol. The third-order valence-corrected chi connectivity index (χ3v) is 5.40. The van der Waals surface area contributed by atoms with Gasteiger partial charge in [-0.15, -0.1) is 0 Å². The number of carbonyl (C=O) groups is 2. The Balaban J connectivity index is 1.56. The fourth-order valence-corrected chi connectivity index (χ4v) is 3.84. The van der Waals surface area contributed by atoms with Gasteiger partial charge >= 0.3 is 0 Å². The van der Waals surface area contributed by atoms with Crippen molar-refractivity contribution in [1.82, 2.24) is 4.90 Å². The minimum atomic E-state index is -0.0997. The molecule has 0 atom stereocenters. The second kappa shape index (κ2) is 8.31. The van der Waals surface area contributed by atoms with Gasteiger partial charge in [0.2, 0.25) is 0 Å². The molecular weight excluding hydrogens is 360 g/mol. The van der Waals surface area contributed by atoms with Crippen LogP contribution in [-0.2, 0) is 13.0 Å². The number of hydrogen-bond donors (Lipinski definition) is 0. The van der Waals surface area contributed by atoms with Crippen molar-refractivity contribution in [2.75, 3.05) is 18.0 Å². The zero-order chi connectivity index (χ0) is 20.2. The zero-order valence-electron chi connectivity index (χ0n) is 16.5. The van der Waals surface area contributed by atoms with Crippen molar-refractivity contribution in [2.45, 2.75) is 19.9 Å². The van der Waals surface area contributed by atoms with E-state index in [1.165, 1.54) is 11.1 Å². The highest BCUT2D eigenvalue weighted by atomic mass is 16.2. The van der Waals surface area contributed by atoms with Crippen molar-refractivity contribution in [3.63, 3.8) is 0 Å². The average molecular weight is 384 g/mol. The van der Waals surface area contributed by atoms with Gasteiger partial charge in [-0.2, -0.15) is 0 Å². The minimum absolute atomic E-state index is 0.0306. The molecule has 3 aromatic rings. The monoisotopic (exact) mass is 384 g/mol. The van der Waals surface area contributed by atoms with E-state index in [-0.39, 0.29) is 11.8 Å². The van der Waals surface area contributed by atoms with Crippen LogP contribution in [0.3, 0.4) is 0 Å². The average Bonchev–Trinajstić information content (AvgIpc) is 2.79. The summed E-state index contributed by atoms with van der Waals surface area (Å²) in [6.07, 6.45) is 0.859. The van der Waals surface area contributed by atoms with E-state index in [2.05, 4.69) is 12.1 Å². The molecule has 4 rings (SSSR count). The number of fused-ring (bicyclic) bond motifs is 1. The van der Waals surface area contributed by atoms with Crippen molar-refractivity contribution in [3.05, 3.63) is 101 Å². The summed E-state index contributed by atoms with van der Waals surface area (Å²) in [4.78, 5) is 29.8. The lowest BCUT2D eigenvalue weighted by atomic mass is 9.99. The first-order valence-electron chi connectivity index (χ1n) is 10.0. The lowest BCUT2D eigenvalue weighted by molar-refractivity contribution is 0.0734. The fraction of sp³-hybridized carbons (Fsp3) is 0.200. The summed E-state index contributed by atoms with van der Waals surface area (Å²) in [6, 6.07) is 24.9. The number of rotatable bonds is 4. The first-order valence-corrected chi connectivity index (χ1v) is 10.0. The summed E-state index contributed by atoms with van der Waals surface area (Å²) in [6.45, 7) is 3.81.